The molecule has 4 rings (SSSR count). The molecule has 2 aromatic carbocycles. The first-order chi connectivity index (χ1) is 17.5. The molecule has 1 aliphatic heterocycles. The highest BCUT2D eigenvalue weighted by atomic mass is 16.5. The van der Waals surface area contributed by atoms with Gasteiger partial charge in [0.1, 0.15) is 0 Å². The van der Waals surface area contributed by atoms with Gasteiger partial charge in [-0.3, -0.25) is 9.69 Å². The number of esters is 1. The lowest BCUT2D eigenvalue weighted by Gasteiger charge is -2.37. The number of anilines is 1. The maximum Gasteiger partial charge on any atom is 0.338 e. The first kappa shape index (κ1) is 25.5. The van der Waals surface area contributed by atoms with E-state index >= 15 is 0 Å². The molecule has 7 heteroatoms. The van der Waals surface area contributed by atoms with E-state index in [0.29, 0.717) is 29.1 Å². The van der Waals surface area contributed by atoms with Crippen molar-refractivity contribution in [3.8, 4) is 0 Å². The summed E-state index contributed by atoms with van der Waals surface area (Å²) in [5.74, 6) is -0.419. The van der Waals surface area contributed by atoms with Gasteiger partial charge in [-0.05, 0) is 49.4 Å². The van der Waals surface area contributed by atoms with Gasteiger partial charge in [0.25, 0.3) is 0 Å². The molecule has 2 N–H and O–H groups in total. The van der Waals surface area contributed by atoms with Gasteiger partial charge in [0.05, 0.1) is 23.9 Å². The number of rotatable bonds is 8. The Labute approximate surface area is 212 Å². The monoisotopic (exact) mass is 489 g/mol. The van der Waals surface area contributed by atoms with Crippen LogP contribution in [0.25, 0.3) is 5.70 Å². The number of carbonyl (C=O) groups excluding carboxylic acids is 3. The Hall–Kier alpha value is -3.61. The standard InChI is InChI=1S/C29H35N3O4/c1-3-18-32-26(20-12-7-5-8-13-20)24(28(34)36-4-2)25(31-29(32)35)22-16-11-17-23(19-22)30-27(33)21-14-9-6-10-15-21/h5,7-8,11-13,16-17,19,21,25H,3-4,6,9-10,14-15,18H2,1-2H3,(H,30,33)(H,31,35). The highest BCUT2D eigenvalue weighted by Crippen LogP contribution is 2.37. The Balaban J connectivity index is 1.75. The second kappa shape index (κ2) is 11.9. The van der Waals surface area contributed by atoms with E-state index in [-0.39, 0.29) is 24.5 Å². The summed E-state index contributed by atoms with van der Waals surface area (Å²) in [5, 5.41) is 6.07. The fraction of sp³-hybridized carbons (Fsp3) is 0.414. The van der Waals surface area contributed by atoms with Crippen LogP contribution in [0.15, 0.2) is 60.2 Å². The lowest BCUT2D eigenvalue weighted by atomic mass is 9.88. The number of ether oxygens (including phenoxy) is 1. The SMILES string of the molecule is CCCN1C(=O)NC(c2cccc(NC(=O)C3CCCCC3)c2)C(C(=O)OCC)=C1c1ccccc1. The van der Waals surface area contributed by atoms with E-state index in [1.54, 1.807) is 11.8 Å². The molecule has 0 radical (unpaired) electrons. The van der Waals surface area contributed by atoms with Gasteiger partial charge >= 0.3 is 12.0 Å². The normalized spacial score (nSPS) is 18.6. The molecule has 190 valence electrons. The molecule has 2 aliphatic rings. The van der Waals surface area contributed by atoms with E-state index in [1.165, 1.54) is 6.42 Å². The Morgan fingerprint density at radius 2 is 1.78 bits per heavy atom. The average Bonchev–Trinajstić information content (AvgIpc) is 2.90. The van der Waals surface area contributed by atoms with Crippen molar-refractivity contribution in [1.82, 2.24) is 10.2 Å². The number of nitrogens with zero attached hydrogens (tertiary/aromatic N) is 1. The van der Waals surface area contributed by atoms with Crippen molar-refractivity contribution in [3.63, 3.8) is 0 Å². The predicted octanol–water partition coefficient (Wildman–Crippen LogP) is 5.66. The Morgan fingerprint density at radius 3 is 2.47 bits per heavy atom. The summed E-state index contributed by atoms with van der Waals surface area (Å²) >= 11 is 0. The number of carbonyl (C=O) groups is 3. The molecule has 3 amide bonds. The zero-order chi connectivity index (χ0) is 25.5. The summed E-state index contributed by atoms with van der Waals surface area (Å²) < 4.78 is 5.48. The van der Waals surface area contributed by atoms with Gasteiger partial charge in [0.2, 0.25) is 5.91 Å². The van der Waals surface area contributed by atoms with E-state index in [2.05, 4.69) is 10.6 Å². The second-order valence-corrected chi connectivity index (χ2v) is 9.33. The molecule has 1 saturated carbocycles. The van der Waals surface area contributed by atoms with Crippen LogP contribution in [0.3, 0.4) is 0 Å². The maximum atomic E-state index is 13.4. The molecule has 2 aromatic rings. The van der Waals surface area contributed by atoms with Crippen molar-refractivity contribution in [3.05, 3.63) is 71.3 Å². The van der Waals surface area contributed by atoms with Crippen molar-refractivity contribution in [2.75, 3.05) is 18.5 Å². The fourth-order valence-corrected chi connectivity index (χ4v) is 5.08. The lowest BCUT2D eigenvalue weighted by Crippen LogP contribution is -2.48. The summed E-state index contributed by atoms with van der Waals surface area (Å²) in [4.78, 5) is 41.1. The summed E-state index contributed by atoms with van der Waals surface area (Å²) in [6.07, 6.45) is 5.89. The van der Waals surface area contributed by atoms with Gasteiger partial charge in [0.15, 0.2) is 0 Å². The highest BCUT2D eigenvalue weighted by Gasteiger charge is 2.38. The zero-order valence-electron chi connectivity index (χ0n) is 21.1. The topological polar surface area (TPSA) is 87.7 Å². The number of urea groups is 1. The van der Waals surface area contributed by atoms with Crippen LogP contribution in [0.5, 0.6) is 0 Å². The molecular formula is C29H35N3O4. The van der Waals surface area contributed by atoms with Crippen molar-refractivity contribution < 1.29 is 19.1 Å². The average molecular weight is 490 g/mol. The second-order valence-electron chi connectivity index (χ2n) is 9.33. The molecular weight excluding hydrogens is 454 g/mol. The van der Waals surface area contributed by atoms with Crippen molar-refractivity contribution >= 4 is 29.3 Å². The van der Waals surface area contributed by atoms with E-state index in [9.17, 15) is 14.4 Å². The van der Waals surface area contributed by atoms with Crippen LogP contribution in [0.2, 0.25) is 0 Å². The van der Waals surface area contributed by atoms with Gasteiger partial charge < -0.3 is 15.4 Å². The molecule has 1 atom stereocenters. The molecule has 36 heavy (non-hydrogen) atoms. The van der Waals surface area contributed by atoms with Crippen LogP contribution in [0.1, 0.15) is 69.5 Å². The molecule has 1 heterocycles. The highest BCUT2D eigenvalue weighted by molar-refractivity contribution is 6.04. The molecule has 0 aromatic heterocycles. The Kier molecular flexibility index (Phi) is 8.41. The first-order valence-corrected chi connectivity index (χ1v) is 13.0. The third-order valence-corrected chi connectivity index (χ3v) is 6.78. The number of benzene rings is 2. The van der Waals surface area contributed by atoms with Crippen LogP contribution in [-0.2, 0) is 14.3 Å². The Bertz CT molecular complexity index is 1120. The van der Waals surface area contributed by atoms with E-state index < -0.39 is 12.0 Å². The van der Waals surface area contributed by atoms with Crippen LogP contribution in [0.4, 0.5) is 10.5 Å². The lowest BCUT2D eigenvalue weighted by molar-refractivity contribution is -0.139. The zero-order valence-corrected chi connectivity index (χ0v) is 21.1. The molecule has 0 saturated heterocycles. The molecule has 0 bridgehead atoms. The van der Waals surface area contributed by atoms with Gasteiger partial charge in [-0.15, -0.1) is 0 Å². The summed E-state index contributed by atoms with van der Waals surface area (Å²) in [6, 6.07) is 15.8. The summed E-state index contributed by atoms with van der Waals surface area (Å²) in [7, 11) is 0. The van der Waals surface area contributed by atoms with Crippen LogP contribution < -0.4 is 10.6 Å². The molecule has 1 aliphatic carbocycles. The van der Waals surface area contributed by atoms with Crippen molar-refractivity contribution in [2.45, 2.75) is 58.4 Å². The van der Waals surface area contributed by atoms with Gasteiger partial charge in [-0.25, -0.2) is 9.59 Å². The third-order valence-electron chi connectivity index (χ3n) is 6.78. The summed E-state index contributed by atoms with van der Waals surface area (Å²) in [6.45, 7) is 4.44. The van der Waals surface area contributed by atoms with Crippen molar-refractivity contribution in [1.29, 1.82) is 0 Å². The predicted molar refractivity (Wildman–Crippen MR) is 140 cm³/mol. The minimum Gasteiger partial charge on any atom is -0.463 e. The number of hydrogen-bond donors (Lipinski definition) is 2. The van der Waals surface area contributed by atoms with Gasteiger partial charge in [-0.1, -0.05) is 68.7 Å². The first-order valence-electron chi connectivity index (χ1n) is 13.0. The largest absolute Gasteiger partial charge is 0.463 e. The molecule has 1 fully saturated rings. The quantitative estimate of drug-likeness (QED) is 0.469. The van der Waals surface area contributed by atoms with Crippen LogP contribution in [0, 0.1) is 5.92 Å². The van der Waals surface area contributed by atoms with E-state index in [4.69, 9.17) is 4.74 Å². The molecule has 7 nitrogen and oxygen atoms in total. The number of hydrogen-bond acceptors (Lipinski definition) is 4. The fourth-order valence-electron chi connectivity index (χ4n) is 5.08. The maximum absolute atomic E-state index is 13.4. The minimum atomic E-state index is -0.716. The smallest absolute Gasteiger partial charge is 0.338 e. The van der Waals surface area contributed by atoms with E-state index in [0.717, 1.165) is 37.7 Å². The van der Waals surface area contributed by atoms with Crippen molar-refractivity contribution in [2.24, 2.45) is 5.92 Å². The van der Waals surface area contributed by atoms with E-state index in [1.807, 2.05) is 61.5 Å². The third kappa shape index (κ3) is 5.61. The molecule has 1 unspecified atom stereocenters. The summed E-state index contributed by atoms with van der Waals surface area (Å²) in [5.41, 5.74) is 3.07. The minimum absolute atomic E-state index is 0.0269. The Morgan fingerprint density at radius 1 is 1.03 bits per heavy atom. The van der Waals surface area contributed by atoms with Crippen LogP contribution in [-0.4, -0.2) is 36.0 Å². The van der Waals surface area contributed by atoms with Crippen LogP contribution >= 0.6 is 0 Å². The number of amides is 3. The van der Waals surface area contributed by atoms with Gasteiger partial charge in [0, 0.05) is 18.2 Å². The molecule has 0 spiro atoms. The van der Waals surface area contributed by atoms with Gasteiger partial charge in [-0.2, -0.15) is 0 Å². The number of nitrogens with one attached hydrogen (secondary N) is 2.